The molecule has 33 heavy (non-hydrogen) atoms. The zero-order valence-electron chi connectivity index (χ0n) is 19.8. The minimum Gasteiger partial charge on any atom is -0.315 e. The monoisotopic (exact) mass is 474 g/mol. The van der Waals surface area contributed by atoms with Crippen LogP contribution in [0.5, 0.6) is 0 Å². The molecule has 9 heteroatoms. The van der Waals surface area contributed by atoms with Crippen molar-refractivity contribution in [2.24, 2.45) is 0 Å². The molecule has 1 heterocycles. The van der Waals surface area contributed by atoms with Crippen LogP contribution in [0.1, 0.15) is 52.7 Å². The molecular weight excluding hydrogens is 443 g/mol. The maximum atomic E-state index is 13.7. The first-order valence-corrected chi connectivity index (χ1v) is 12.1. The van der Waals surface area contributed by atoms with Crippen molar-refractivity contribution < 1.29 is 27.7 Å². The molecule has 8 nitrogen and oxygen atoms in total. The van der Waals surface area contributed by atoms with Crippen LogP contribution in [0, 0.1) is 0 Å². The van der Waals surface area contributed by atoms with Gasteiger partial charge in [0.25, 0.3) is 5.91 Å². The molecule has 0 unspecified atom stereocenters. The summed E-state index contributed by atoms with van der Waals surface area (Å²) in [5.74, 6) is -0.553. The van der Waals surface area contributed by atoms with Gasteiger partial charge in [0.05, 0.1) is 11.2 Å². The molecule has 2 aromatic carbocycles. The van der Waals surface area contributed by atoms with Gasteiger partial charge in [-0.2, -0.15) is 0 Å². The van der Waals surface area contributed by atoms with E-state index in [9.17, 15) is 14.2 Å². The highest BCUT2D eigenvalue weighted by Crippen LogP contribution is 2.55. The van der Waals surface area contributed by atoms with Gasteiger partial charge in [0.15, 0.2) is 5.54 Å². The number of nitrogens with one attached hydrogen (secondary N) is 1. The SMILES string of the molecule is CC(C)(C)OP(=O)(OCN1C(=O)NC(c2ccccc2)(c2ccccc2)C1=O)OC(C)(C)C. The summed E-state index contributed by atoms with van der Waals surface area (Å²) in [7, 11) is -4.13. The lowest BCUT2D eigenvalue weighted by atomic mass is 9.83. The topological polar surface area (TPSA) is 94.2 Å². The number of carbonyl (C=O) groups excluding carboxylic acids is 2. The number of phosphoric acid groups is 1. The van der Waals surface area contributed by atoms with E-state index in [4.69, 9.17) is 13.6 Å². The largest absolute Gasteiger partial charge is 0.477 e. The molecule has 0 aromatic heterocycles. The number of phosphoric ester groups is 1. The van der Waals surface area contributed by atoms with Crippen molar-refractivity contribution in [3.63, 3.8) is 0 Å². The fraction of sp³-hybridized carbons (Fsp3) is 0.417. The van der Waals surface area contributed by atoms with E-state index in [1.165, 1.54) is 0 Å². The van der Waals surface area contributed by atoms with E-state index in [2.05, 4.69) is 5.32 Å². The van der Waals surface area contributed by atoms with Crippen LogP contribution in [0.2, 0.25) is 0 Å². The molecule has 0 bridgehead atoms. The Balaban J connectivity index is 1.94. The zero-order valence-corrected chi connectivity index (χ0v) is 20.7. The standard InChI is InChI=1S/C24H31N2O6P/c1-22(2,3)31-33(29,32-23(4,5)6)30-17-26-20(27)24(25-21(26)28,18-13-9-7-10-14-18)19-15-11-8-12-16-19/h7-16H,17H2,1-6H3,(H,25,28). The van der Waals surface area contributed by atoms with Gasteiger partial charge in [-0.15, -0.1) is 0 Å². The van der Waals surface area contributed by atoms with E-state index in [1.807, 2.05) is 12.1 Å². The maximum Gasteiger partial charge on any atom is 0.477 e. The number of benzene rings is 2. The van der Waals surface area contributed by atoms with E-state index in [1.54, 1.807) is 90.1 Å². The second-order valence-corrected chi connectivity index (χ2v) is 11.3. The molecule has 1 aliphatic heterocycles. The smallest absolute Gasteiger partial charge is 0.315 e. The van der Waals surface area contributed by atoms with Crippen molar-refractivity contribution in [3.8, 4) is 0 Å². The highest BCUT2D eigenvalue weighted by atomic mass is 31.2. The number of nitrogens with zero attached hydrogens (tertiary/aromatic N) is 1. The van der Waals surface area contributed by atoms with E-state index in [-0.39, 0.29) is 0 Å². The normalized spacial score (nSPS) is 16.7. The second kappa shape index (κ2) is 9.03. The molecule has 0 aliphatic carbocycles. The van der Waals surface area contributed by atoms with Gasteiger partial charge < -0.3 is 5.32 Å². The van der Waals surface area contributed by atoms with Crippen molar-refractivity contribution in [1.82, 2.24) is 10.2 Å². The van der Waals surface area contributed by atoms with Gasteiger partial charge >= 0.3 is 13.9 Å². The van der Waals surface area contributed by atoms with Crippen LogP contribution in [0.3, 0.4) is 0 Å². The predicted octanol–water partition coefficient (Wildman–Crippen LogP) is 5.19. The predicted molar refractivity (Wildman–Crippen MR) is 124 cm³/mol. The van der Waals surface area contributed by atoms with Crippen LogP contribution >= 0.6 is 7.82 Å². The first kappa shape index (κ1) is 25.1. The number of hydrogen-bond acceptors (Lipinski definition) is 6. The average molecular weight is 474 g/mol. The number of imide groups is 1. The molecule has 178 valence electrons. The quantitative estimate of drug-likeness (QED) is 0.438. The fourth-order valence-electron chi connectivity index (χ4n) is 3.50. The summed E-state index contributed by atoms with van der Waals surface area (Å²) in [6, 6.07) is 17.2. The minimum absolute atomic E-state index is 0.553. The third-order valence-corrected chi connectivity index (χ3v) is 6.61. The number of urea groups is 1. The zero-order chi connectivity index (χ0) is 24.5. The molecule has 0 atom stereocenters. The lowest BCUT2D eigenvalue weighted by Gasteiger charge is -2.31. The van der Waals surface area contributed by atoms with Crippen molar-refractivity contribution >= 4 is 19.8 Å². The van der Waals surface area contributed by atoms with E-state index < -0.39 is 43.2 Å². The second-order valence-electron chi connectivity index (χ2n) is 9.76. The number of hydrogen-bond donors (Lipinski definition) is 1. The van der Waals surface area contributed by atoms with Gasteiger partial charge in [0.2, 0.25) is 0 Å². The van der Waals surface area contributed by atoms with Crippen molar-refractivity contribution in [1.29, 1.82) is 0 Å². The summed E-state index contributed by atoms with van der Waals surface area (Å²) < 4.78 is 30.1. The highest BCUT2D eigenvalue weighted by molar-refractivity contribution is 7.48. The summed E-state index contributed by atoms with van der Waals surface area (Å²) in [5, 5.41) is 2.82. The first-order chi connectivity index (χ1) is 15.3. The van der Waals surface area contributed by atoms with E-state index >= 15 is 0 Å². The van der Waals surface area contributed by atoms with Crippen LogP contribution in [0.25, 0.3) is 0 Å². The molecule has 2 aromatic rings. The van der Waals surface area contributed by atoms with Crippen LogP contribution < -0.4 is 5.32 Å². The summed E-state index contributed by atoms with van der Waals surface area (Å²) in [5.41, 5.74) is -1.96. The van der Waals surface area contributed by atoms with Gasteiger partial charge in [0.1, 0.15) is 6.73 Å². The third-order valence-electron chi connectivity index (χ3n) is 4.64. The number of amides is 3. The Morgan fingerprint density at radius 3 is 1.64 bits per heavy atom. The van der Waals surface area contributed by atoms with Crippen molar-refractivity contribution in [2.75, 3.05) is 6.73 Å². The highest BCUT2D eigenvalue weighted by Gasteiger charge is 2.54. The number of rotatable bonds is 7. The van der Waals surface area contributed by atoms with Gasteiger partial charge in [-0.25, -0.2) is 14.3 Å². The molecule has 0 saturated carbocycles. The summed E-state index contributed by atoms with van der Waals surface area (Å²) in [6.45, 7) is 9.64. The third kappa shape index (κ3) is 5.71. The Bertz CT molecular complexity index is 985. The summed E-state index contributed by atoms with van der Waals surface area (Å²) in [4.78, 5) is 27.6. The van der Waals surface area contributed by atoms with Crippen molar-refractivity contribution in [2.45, 2.75) is 58.3 Å². The van der Waals surface area contributed by atoms with Crippen LogP contribution in [0.15, 0.2) is 60.7 Å². The van der Waals surface area contributed by atoms with Crippen LogP contribution in [-0.2, 0) is 28.5 Å². The van der Waals surface area contributed by atoms with Gasteiger partial charge in [0, 0.05) is 0 Å². The Morgan fingerprint density at radius 1 is 0.818 bits per heavy atom. The van der Waals surface area contributed by atoms with Crippen molar-refractivity contribution in [3.05, 3.63) is 71.8 Å². The first-order valence-electron chi connectivity index (χ1n) is 10.7. The Hall–Kier alpha value is -2.51. The molecule has 1 aliphatic rings. The van der Waals surface area contributed by atoms with E-state index in [0.29, 0.717) is 11.1 Å². The molecule has 3 amide bonds. The number of carbonyl (C=O) groups is 2. The lowest BCUT2D eigenvalue weighted by molar-refractivity contribution is -0.132. The Morgan fingerprint density at radius 2 is 1.24 bits per heavy atom. The molecule has 3 rings (SSSR count). The minimum atomic E-state index is -4.13. The average Bonchev–Trinajstić information content (AvgIpc) is 2.96. The molecule has 1 saturated heterocycles. The van der Waals surface area contributed by atoms with Gasteiger partial charge in [-0.3, -0.25) is 18.4 Å². The van der Waals surface area contributed by atoms with E-state index in [0.717, 1.165) is 4.90 Å². The van der Waals surface area contributed by atoms with Gasteiger partial charge in [-0.05, 0) is 52.7 Å². The van der Waals surface area contributed by atoms with Crippen LogP contribution in [0.4, 0.5) is 4.79 Å². The Labute approximate surface area is 194 Å². The lowest BCUT2D eigenvalue weighted by Crippen LogP contribution is -2.45. The van der Waals surface area contributed by atoms with Gasteiger partial charge in [-0.1, -0.05) is 60.7 Å². The molecule has 1 fully saturated rings. The molecule has 0 radical (unpaired) electrons. The molecule has 1 N–H and O–H groups in total. The Kier molecular flexibility index (Phi) is 6.87. The van der Waals surface area contributed by atoms with Crippen LogP contribution in [-0.4, -0.2) is 34.8 Å². The molecular formula is C24H31N2O6P. The maximum absolute atomic E-state index is 13.7. The fourth-order valence-corrected chi connectivity index (χ4v) is 5.24. The molecule has 0 spiro atoms. The summed E-state index contributed by atoms with van der Waals surface area (Å²) >= 11 is 0. The summed E-state index contributed by atoms with van der Waals surface area (Å²) in [6.07, 6.45) is 0.